The van der Waals surface area contributed by atoms with E-state index in [1.165, 1.54) is 0 Å². The molecule has 86 valence electrons. The third-order valence-electron chi connectivity index (χ3n) is 2.57. The highest BCUT2D eigenvalue weighted by molar-refractivity contribution is 6.36. The van der Waals surface area contributed by atoms with Gasteiger partial charge in [0.25, 0.3) is 5.91 Å². The number of rotatable bonds is 1. The zero-order valence-corrected chi connectivity index (χ0v) is 10.2. The molecule has 1 heterocycles. The number of halogens is 2. The maximum atomic E-state index is 12.1. The SMILES string of the molecule is O=C(c1ccc(Cl)cc1Cl)N1CCNCC1. The van der Waals surface area contributed by atoms with Crippen LogP contribution in [0.2, 0.25) is 10.0 Å². The van der Waals surface area contributed by atoms with Crippen molar-refractivity contribution in [2.75, 3.05) is 26.2 Å². The molecule has 0 atom stereocenters. The number of carbonyl (C=O) groups is 1. The van der Waals surface area contributed by atoms with Crippen molar-refractivity contribution in [3.05, 3.63) is 33.8 Å². The summed E-state index contributed by atoms with van der Waals surface area (Å²) in [7, 11) is 0. The molecule has 0 radical (unpaired) electrons. The molecule has 1 aromatic rings. The average molecular weight is 259 g/mol. The third kappa shape index (κ3) is 2.48. The maximum Gasteiger partial charge on any atom is 0.255 e. The largest absolute Gasteiger partial charge is 0.336 e. The number of nitrogens with zero attached hydrogens (tertiary/aromatic N) is 1. The van der Waals surface area contributed by atoms with Crippen LogP contribution in [0, 0.1) is 0 Å². The number of benzene rings is 1. The van der Waals surface area contributed by atoms with E-state index >= 15 is 0 Å². The highest BCUT2D eigenvalue weighted by atomic mass is 35.5. The summed E-state index contributed by atoms with van der Waals surface area (Å²) in [5.41, 5.74) is 0.521. The Bertz CT molecular complexity index is 403. The zero-order chi connectivity index (χ0) is 11.5. The lowest BCUT2D eigenvalue weighted by molar-refractivity contribution is 0.0736. The molecule has 1 N–H and O–H groups in total. The van der Waals surface area contributed by atoms with E-state index in [0.29, 0.717) is 15.6 Å². The van der Waals surface area contributed by atoms with Gasteiger partial charge in [-0.1, -0.05) is 23.2 Å². The first-order chi connectivity index (χ1) is 7.68. The fourth-order valence-electron chi connectivity index (χ4n) is 1.70. The Morgan fingerprint density at radius 3 is 2.56 bits per heavy atom. The molecule has 2 rings (SSSR count). The molecule has 1 fully saturated rings. The van der Waals surface area contributed by atoms with Crippen molar-refractivity contribution in [3.63, 3.8) is 0 Å². The summed E-state index contributed by atoms with van der Waals surface area (Å²) in [5.74, 6) is -0.0248. The standard InChI is InChI=1S/C11H12Cl2N2O/c12-8-1-2-9(10(13)7-8)11(16)15-5-3-14-4-6-15/h1-2,7,14H,3-6H2. The molecule has 1 saturated heterocycles. The Kier molecular flexibility index (Phi) is 3.69. The number of carbonyl (C=O) groups excluding carboxylic acids is 1. The molecule has 0 spiro atoms. The van der Waals surface area contributed by atoms with Crippen molar-refractivity contribution in [3.8, 4) is 0 Å². The topological polar surface area (TPSA) is 32.3 Å². The summed E-state index contributed by atoms with van der Waals surface area (Å²) < 4.78 is 0. The van der Waals surface area contributed by atoms with Crippen molar-refractivity contribution in [2.45, 2.75) is 0 Å². The van der Waals surface area contributed by atoms with Gasteiger partial charge in [0.2, 0.25) is 0 Å². The summed E-state index contributed by atoms with van der Waals surface area (Å²) in [5, 5.41) is 4.15. The van der Waals surface area contributed by atoms with Gasteiger partial charge in [-0.25, -0.2) is 0 Å². The van der Waals surface area contributed by atoms with Gasteiger partial charge in [-0.15, -0.1) is 0 Å². The Labute approximate surface area is 104 Å². The van der Waals surface area contributed by atoms with Gasteiger partial charge in [0.1, 0.15) is 0 Å². The number of piperazine rings is 1. The van der Waals surface area contributed by atoms with Crippen molar-refractivity contribution in [1.82, 2.24) is 10.2 Å². The minimum absolute atomic E-state index is 0.0248. The van der Waals surface area contributed by atoms with Crippen LogP contribution in [0.15, 0.2) is 18.2 Å². The number of hydrogen-bond acceptors (Lipinski definition) is 2. The first-order valence-corrected chi connectivity index (χ1v) is 5.89. The van der Waals surface area contributed by atoms with E-state index in [-0.39, 0.29) is 5.91 Å². The number of amides is 1. The van der Waals surface area contributed by atoms with Gasteiger partial charge in [-0.05, 0) is 18.2 Å². The van der Waals surface area contributed by atoms with Crippen molar-refractivity contribution < 1.29 is 4.79 Å². The van der Waals surface area contributed by atoms with Gasteiger partial charge in [-0.3, -0.25) is 4.79 Å². The zero-order valence-electron chi connectivity index (χ0n) is 8.67. The molecule has 0 unspecified atom stereocenters. The van der Waals surface area contributed by atoms with Gasteiger partial charge in [0, 0.05) is 31.2 Å². The van der Waals surface area contributed by atoms with E-state index in [1.807, 2.05) is 0 Å². The summed E-state index contributed by atoms with van der Waals surface area (Å²) in [6.07, 6.45) is 0. The Hall–Kier alpha value is -0.770. The van der Waals surface area contributed by atoms with E-state index in [0.717, 1.165) is 26.2 Å². The quantitative estimate of drug-likeness (QED) is 0.837. The van der Waals surface area contributed by atoms with Gasteiger partial charge >= 0.3 is 0 Å². The van der Waals surface area contributed by atoms with Crippen molar-refractivity contribution >= 4 is 29.1 Å². The van der Waals surface area contributed by atoms with Gasteiger partial charge in [-0.2, -0.15) is 0 Å². The molecule has 1 aromatic carbocycles. The van der Waals surface area contributed by atoms with E-state index in [1.54, 1.807) is 23.1 Å². The average Bonchev–Trinajstić information content (AvgIpc) is 2.29. The second-order valence-electron chi connectivity index (χ2n) is 3.67. The lowest BCUT2D eigenvalue weighted by Crippen LogP contribution is -2.46. The van der Waals surface area contributed by atoms with Crippen molar-refractivity contribution in [2.24, 2.45) is 0 Å². The lowest BCUT2D eigenvalue weighted by Gasteiger charge is -2.27. The summed E-state index contributed by atoms with van der Waals surface area (Å²) in [4.78, 5) is 13.9. The third-order valence-corrected chi connectivity index (χ3v) is 3.11. The van der Waals surface area contributed by atoms with Crippen LogP contribution in [0.3, 0.4) is 0 Å². The minimum Gasteiger partial charge on any atom is -0.336 e. The predicted octanol–water partition coefficient (Wildman–Crippen LogP) is 2.04. The minimum atomic E-state index is -0.0248. The molecule has 1 aliphatic rings. The Morgan fingerprint density at radius 2 is 1.94 bits per heavy atom. The molecule has 16 heavy (non-hydrogen) atoms. The molecule has 1 amide bonds. The smallest absolute Gasteiger partial charge is 0.255 e. The molecule has 3 nitrogen and oxygen atoms in total. The molecular formula is C11H12Cl2N2O. The molecule has 0 saturated carbocycles. The van der Waals surface area contributed by atoms with Gasteiger partial charge in [0.15, 0.2) is 0 Å². The normalized spacial score (nSPS) is 16.2. The van der Waals surface area contributed by atoms with E-state index in [2.05, 4.69) is 5.32 Å². The monoisotopic (exact) mass is 258 g/mol. The second-order valence-corrected chi connectivity index (χ2v) is 4.51. The number of nitrogens with one attached hydrogen (secondary N) is 1. The van der Waals surface area contributed by atoms with Crippen LogP contribution in [0.5, 0.6) is 0 Å². The van der Waals surface area contributed by atoms with Crippen molar-refractivity contribution in [1.29, 1.82) is 0 Å². The summed E-state index contributed by atoms with van der Waals surface area (Å²) >= 11 is 11.8. The molecule has 0 aliphatic carbocycles. The van der Waals surface area contributed by atoms with E-state index < -0.39 is 0 Å². The molecule has 1 aliphatic heterocycles. The second kappa shape index (κ2) is 5.04. The van der Waals surface area contributed by atoms with Crippen LogP contribution in [-0.4, -0.2) is 37.0 Å². The van der Waals surface area contributed by atoms with Crippen LogP contribution >= 0.6 is 23.2 Å². The lowest BCUT2D eigenvalue weighted by atomic mass is 10.2. The molecular weight excluding hydrogens is 247 g/mol. The van der Waals surface area contributed by atoms with Crippen LogP contribution in [0.4, 0.5) is 0 Å². The van der Waals surface area contributed by atoms with Crippen LogP contribution in [-0.2, 0) is 0 Å². The fraction of sp³-hybridized carbons (Fsp3) is 0.364. The first-order valence-electron chi connectivity index (χ1n) is 5.13. The fourth-order valence-corrected chi connectivity index (χ4v) is 2.19. The number of hydrogen-bond donors (Lipinski definition) is 1. The Morgan fingerprint density at radius 1 is 1.25 bits per heavy atom. The Balaban J connectivity index is 2.19. The summed E-state index contributed by atoms with van der Waals surface area (Å²) in [6.45, 7) is 3.10. The summed E-state index contributed by atoms with van der Waals surface area (Å²) in [6, 6.07) is 4.95. The van der Waals surface area contributed by atoms with Gasteiger partial charge in [0.05, 0.1) is 10.6 Å². The maximum absolute atomic E-state index is 12.1. The highest BCUT2D eigenvalue weighted by Crippen LogP contribution is 2.22. The molecule has 0 aromatic heterocycles. The van der Waals surface area contributed by atoms with E-state index in [4.69, 9.17) is 23.2 Å². The van der Waals surface area contributed by atoms with Crippen LogP contribution in [0.25, 0.3) is 0 Å². The molecule has 5 heteroatoms. The van der Waals surface area contributed by atoms with Crippen LogP contribution in [0.1, 0.15) is 10.4 Å². The molecule has 0 bridgehead atoms. The highest BCUT2D eigenvalue weighted by Gasteiger charge is 2.19. The van der Waals surface area contributed by atoms with Crippen LogP contribution < -0.4 is 5.32 Å². The predicted molar refractivity (Wildman–Crippen MR) is 65.2 cm³/mol. The van der Waals surface area contributed by atoms with E-state index in [9.17, 15) is 4.79 Å². The van der Waals surface area contributed by atoms with Gasteiger partial charge < -0.3 is 10.2 Å². The first kappa shape index (κ1) is 11.7.